The highest BCUT2D eigenvalue weighted by Gasteiger charge is 2.26. The summed E-state index contributed by atoms with van der Waals surface area (Å²) in [6, 6.07) is 3.44. The lowest BCUT2D eigenvalue weighted by atomic mass is 9.80. The van der Waals surface area contributed by atoms with Gasteiger partial charge >= 0.3 is 0 Å². The summed E-state index contributed by atoms with van der Waals surface area (Å²) < 4.78 is 10.6. The second kappa shape index (κ2) is 5.84. The summed E-state index contributed by atoms with van der Waals surface area (Å²) in [5.41, 5.74) is 7.09. The van der Waals surface area contributed by atoms with Crippen molar-refractivity contribution in [2.45, 2.75) is 39.0 Å². The molecule has 1 heterocycles. The van der Waals surface area contributed by atoms with Gasteiger partial charge in [-0.15, -0.1) is 0 Å². The van der Waals surface area contributed by atoms with E-state index >= 15 is 0 Å². The van der Waals surface area contributed by atoms with Crippen LogP contribution in [0.25, 0.3) is 0 Å². The van der Waals surface area contributed by atoms with E-state index in [1.165, 1.54) is 6.42 Å². The van der Waals surface area contributed by atoms with E-state index in [1.807, 2.05) is 0 Å². The van der Waals surface area contributed by atoms with Gasteiger partial charge < -0.3 is 20.5 Å². The molecule has 3 rings (SSSR count). The zero-order chi connectivity index (χ0) is 14.8. The average Bonchev–Trinajstić information content (AvgIpc) is 2.94. The highest BCUT2D eigenvalue weighted by molar-refractivity contribution is 5.96. The van der Waals surface area contributed by atoms with Crippen molar-refractivity contribution in [1.29, 1.82) is 0 Å². The van der Waals surface area contributed by atoms with Crippen molar-refractivity contribution in [1.82, 2.24) is 0 Å². The molecule has 0 aromatic heterocycles. The molecule has 0 saturated heterocycles. The molecule has 5 heteroatoms. The fourth-order valence-electron chi connectivity index (χ4n) is 3.13. The maximum Gasteiger partial charge on any atom is 0.231 e. The van der Waals surface area contributed by atoms with Crippen LogP contribution in [0.1, 0.15) is 39.0 Å². The second-order valence-electron chi connectivity index (χ2n) is 5.91. The van der Waals surface area contributed by atoms with Crippen LogP contribution in [0.4, 0.5) is 11.4 Å². The van der Waals surface area contributed by atoms with E-state index in [4.69, 9.17) is 15.2 Å². The van der Waals surface area contributed by atoms with Gasteiger partial charge in [0.15, 0.2) is 11.5 Å². The molecule has 3 N–H and O–H groups in total. The summed E-state index contributed by atoms with van der Waals surface area (Å²) >= 11 is 0. The number of carbonyl (C=O) groups is 1. The zero-order valence-corrected chi connectivity index (χ0v) is 12.4. The molecule has 0 unspecified atom stereocenters. The normalized spacial score (nSPS) is 23.9. The standard InChI is InChI=1S/C16H22N2O3/c1-2-10-3-5-11(6-4-10)16(19)18-13-8-15-14(7-12(13)17)20-9-21-15/h7-8,10-11H,2-6,9,17H2,1H3,(H,18,19). The molecule has 1 aromatic carbocycles. The van der Waals surface area contributed by atoms with Crippen molar-refractivity contribution in [2.75, 3.05) is 17.8 Å². The van der Waals surface area contributed by atoms with Gasteiger partial charge in [-0.1, -0.05) is 13.3 Å². The van der Waals surface area contributed by atoms with Crippen molar-refractivity contribution in [3.05, 3.63) is 12.1 Å². The van der Waals surface area contributed by atoms with Crippen LogP contribution in [-0.2, 0) is 4.79 Å². The highest BCUT2D eigenvalue weighted by atomic mass is 16.7. The molecule has 1 aromatic rings. The first-order valence-corrected chi connectivity index (χ1v) is 7.67. The predicted octanol–water partition coefficient (Wildman–Crippen LogP) is 3.15. The molecule has 1 fully saturated rings. The smallest absolute Gasteiger partial charge is 0.231 e. The number of nitrogens with two attached hydrogens (primary N) is 1. The van der Waals surface area contributed by atoms with Gasteiger partial charge in [-0.2, -0.15) is 0 Å². The van der Waals surface area contributed by atoms with E-state index in [9.17, 15) is 4.79 Å². The highest BCUT2D eigenvalue weighted by Crippen LogP contribution is 2.39. The summed E-state index contributed by atoms with van der Waals surface area (Å²) in [6.07, 6.45) is 5.43. The molecule has 1 aliphatic heterocycles. The fourth-order valence-corrected chi connectivity index (χ4v) is 3.13. The summed E-state index contributed by atoms with van der Waals surface area (Å²) in [7, 11) is 0. The lowest BCUT2D eigenvalue weighted by molar-refractivity contribution is -0.121. The molecule has 114 valence electrons. The molecule has 0 atom stereocenters. The van der Waals surface area contributed by atoms with Crippen molar-refractivity contribution < 1.29 is 14.3 Å². The SMILES string of the molecule is CCC1CCC(C(=O)Nc2cc3c(cc2N)OCO3)CC1. The van der Waals surface area contributed by atoms with Crippen LogP contribution in [0.2, 0.25) is 0 Å². The molecule has 1 saturated carbocycles. The largest absolute Gasteiger partial charge is 0.454 e. The lowest BCUT2D eigenvalue weighted by Crippen LogP contribution is -2.27. The maximum atomic E-state index is 12.4. The third-order valence-electron chi connectivity index (χ3n) is 4.60. The Morgan fingerprint density at radius 1 is 1.24 bits per heavy atom. The second-order valence-corrected chi connectivity index (χ2v) is 5.91. The van der Waals surface area contributed by atoms with Gasteiger partial charge in [-0.25, -0.2) is 0 Å². The number of carbonyl (C=O) groups excluding carboxylic acids is 1. The molecule has 0 spiro atoms. The van der Waals surface area contributed by atoms with Crippen LogP contribution in [0.5, 0.6) is 11.5 Å². The Morgan fingerprint density at radius 2 is 1.90 bits per heavy atom. The molecular formula is C16H22N2O3. The van der Waals surface area contributed by atoms with E-state index in [0.29, 0.717) is 22.9 Å². The zero-order valence-electron chi connectivity index (χ0n) is 12.4. The lowest BCUT2D eigenvalue weighted by Gasteiger charge is -2.27. The maximum absolute atomic E-state index is 12.4. The van der Waals surface area contributed by atoms with Crippen LogP contribution in [-0.4, -0.2) is 12.7 Å². The molecule has 2 aliphatic rings. The van der Waals surface area contributed by atoms with E-state index in [2.05, 4.69) is 12.2 Å². The van der Waals surface area contributed by atoms with Crippen molar-refractivity contribution in [3.8, 4) is 11.5 Å². The predicted molar refractivity (Wildman–Crippen MR) is 81.3 cm³/mol. The van der Waals surface area contributed by atoms with Crippen LogP contribution >= 0.6 is 0 Å². The minimum Gasteiger partial charge on any atom is -0.454 e. The first-order chi connectivity index (χ1) is 10.2. The molecule has 5 nitrogen and oxygen atoms in total. The minimum atomic E-state index is 0.0649. The van der Waals surface area contributed by atoms with Gasteiger partial charge in [0.2, 0.25) is 12.7 Å². The number of hydrogen-bond donors (Lipinski definition) is 2. The van der Waals surface area contributed by atoms with Gasteiger partial charge in [-0.3, -0.25) is 4.79 Å². The molecular weight excluding hydrogens is 268 g/mol. The molecule has 21 heavy (non-hydrogen) atoms. The summed E-state index contributed by atoms with van der Waals surface area (Å²) in [4.78, 5) is 12.4. The van der Waals surface area contributed by atoms with Gasteiger partial charge in [0.1, 0.15) is 0 Å². The first kappa shape index (κ1) is 14.0. The third kappa shape index (κ3) is 2.91. The van der Waals surface area contributed by atoms with Gasteiger partial charge in [0, 0.05) is 18.1 Å². The van der Waals surface area contributed by atoms with Crippen molar-refractivity contribution >= 4 is 17.3 Å². The number of benzene rings is 1. The molecule has 0 bridgehead atoms. The van der Waals surface area contributed by atoms with Crippen molar-refractivity contribution in [2.24, 2.45) is 11.8 Å². The Morgan fingerprint density at radius 3 is 2.57 bits per heavy atom. The summed E-state index contributed by atoms with van der Waals surface area (Å²) in [5, 5.41) is 2.94. The number of amides is 1. The van der Waals surface area contributed by atoms with Crippen molar-refractivity contribution in [3.63, 3.8) is 0 Å². The topological polar surface area (TPSA) is 73.6 Å². The number of nitrogens with one attached hydrogen (secondary N) is 1. The Labute approximate surface area is 124 Å². The number of hydrogen-bond acceptors (Lipinski definition) is 4. The van der Waals surface area contributed by atoms with Gasteiger partial charge in [0.05, 0.1) is 11.4 Å². The number of nitrogen functional groups attached to an aromatic ring is 1. The van der Waals surface area contributed by atoms with Crippen LogP contribution in [0, 0.1) is 11.8 Å². The number of rotatable bonds is 3. The summed E-state index contributed by atoms with van der Waals surface area (Å²) in [6.45, 7) is 2.42. The quantitative estimate of drug-likeness (QED) is 0.839. The molecule has 1 amide bonds. The monoisotopic (exact) mass is 290 g/mol. The number of fused-ring (bicyclic) bond motifs is 1. The Kier molecular flexibility index (Phi) is 3.90. The number of anilines is 2. The van der Waals surface area contributed by atoms with Crippen LogP contribution in [0.15, 0.2) is 12.1 Å². The van der Waals surface area contributed by atoms with Crippen LogP contribution in [0.3, 0.4) is 0 Å². The van der Waals surface area contributed by atoms with E-state index in [-0.39, 0.29) is 18.6 Å². The van der Waals surface area contributed by atoms with E-state index < -0.39 is 0 Å². The van der Waals surface area contributed by atoms with Crippen LogP contribution < -0.4 is 20.5 Å². The van der Waals surface area contributed by atoms with E-state index in [1.54, 1.807) is 12.1 Å². The fraction of sp³-hybridized carbons (Fsp3) is 0.562. The number of ether oxygens (including phenoxy) is 2. The van der Waals surface area contributed by atoms with Gasteiger partial charge in [-0.05, 0) is 31.6 Å². The Hall–Kier alpha value is -1.91. The first-order valence-electron chi connectivity index (χ1n) is 7.67. The minimum absolute atomic E-state index is 0.0649. The molecule has 1 aliphatic carbocycles. The molecule has 0 radical (unpaired) electrons. The summed E-state index contributed by atoms with van der Waals surface area (Å²) in [5.74, 6) is 2.21. The Balaban J connectivity index is 1.65. The van der Waals surface area contributed by atoms with E-state index in [0.717, 1.165) is 31.6 Å². The third-order valence-corrected chi connectivity index (χ3v) is 4.60. The van der Waals surface area contributed by atoms with Gasteiger partial charge in [0.25, 0.3) is 0 Å². The average molecular weight is 290 g/mol. The Bertz CT molecular complexity index is 537.